The smallest absolute Gasteiger partial charge is 0.243 e. The third-order valence-corrected chi connectivity index (χ3v) is 7.12. The molecule has 0 unspecified atom stereocenters. The van der Waals surface area contributed by atoms with Gasteiger partial charge in [-0.2, -0.15) is 4.31 Å². The molecule has 1 aliphatic heterocycles. The summed E-state index contributed by atoms with van der Waals surface area (Å²) in [5, 5.41) is 3.00. The highest BCUT2D eigenvalue weighted by molar-refractivity contribution is 7.89. The molecule has 2 atom stereocenters. The molecule has 0 spiro atoms. The zero-order valence-corrected chi connectivity index (χ0v) is 18.2. The Balaban J connectivity index is 1.89. The van der Waals surface area contributed by atoms with E-state index in [2.05, 4.69) is 26.1 Å². The van der Waals surface area contributed by atoms with E-state index in [-0.39, 0.29) is 34.7 Å². The van der Waals surface area contributed by atoms with Gasteiger partial charge in [0.15, 0.2) is 0 Å². The molecule has 1 N–H and O–H groups in total. The number of piperidine rings is 1. The van der Waals surface area contributed by atoms with E-state index in [4.69, 9.17) is 0 Å². The van der Waals surface area contributed by atoms with Gasteiger partial charge in [0.2, 0.25) is 15.9 Å². The Hall–Kier alpha value is -2.18. The number of amides is 1. The van der Waals surface area contributed by atoms with Gasteiger partial charge in [0.1, 0.15) is 0 Å². The van der Waals surface area contributed by atoms with Gasteiger partial charge in [0.25, 0.3) is 0 Å². The van der Waals surface area contributed by atoms with Crippen LogP contribution in [0.2, 0.25) is 0 Å². The van der Waals surface area contributed by atoms with Crippen molar-refractivity contribution in [1.82, 2.24) is 9.62 Å². The Morgan fingerprint density at radius 3 is 2.17 bits per heavy atom. The Labute approximate surface area is 174 Å². The van der Waals surface area contributed by atoms with Crippen molar-refractivity contribution in [3.05, 3.63) is 66.2 Å². The van der Waals surface area contributed by atoms with Crippen molar-refractivity contribution in [3.8, 4) is 0 Å². The number of hydrogen-bond acceptors (Lipinski definition) is 3. The quantitative estimate of drug-likeness (QED) is 0.804. The summed E-state index contributed by atoms with van der Waals surface area (Å²) in [6, 6.07) is 17.9. The number of nitrogens with zero attached hydrogens (tertiary/aromatic N) is 1. The predicted molar refractivity (Wildman–Crippen MR) is 115 cm³/mol. The highest BCUT2D eigenvalue weighted by Crippen LogP contribution is 2.37. The summed E-state index contributed by atoms with van der Waals surface area (Å²) < 4.78 is 28.4. The van der Waals surface area contributed by atoms with Gasteiger partial charge in [-0.1, -0.05) is 69.3 Å². The van der Waals surface area contributed by atoms with E-state index in [1.165, 1.54) is 4.31 Å². The maximum absolute atomic E-state index is 13.5. The monoisotopic (exact) mass is 414 g/mol. The second-order valence-electron chi connectivity index (χ2n) is 8.87. The molecule has 1 amide bonds. The van der Waals surface area contributed by atoms with Gasteiger partial charge in [-0.25, -0.2) is 8.42 Å². The van der Waals surface area contributed by atoms with Crippen molar-refractivity contribution in [2.24, 2.45) is 11.3 Å². The van der Waals surface area contributed by atoms with Crippen LogP contribution in [0.1, 0.15) is 45.2 Å². The highest BCUT2D eigenvalue weighted by Gasteiger charge is 2.40. The minimum absolute atomic E-state index is 0.0211. The second kappa shape index (κ2) is 8.67. The Bertz CT molecular complexity index is 922. The van der Waals surface area contributed by atoms with Crippen LogP contribution in [0.4, 0.5) is 0 Å². The van der Waals surface area contributed by atoms with Crippen LogP contribution in [-0.4, -0.2) is 31.7 Å². The topological polar surface area (TPSA) is 66.5 Å². The van der Waals surface area contributed by atoms with Crippen LogP contribution >= 0.6 is 0 Å². The van der Waals surface area contributed by atoms with Crippen LogP contribution in [0, 0.1) is 11.3 Å². The molecule has 0 saturated carbocycles. The van der Waals surface area contributed by atoms with E-state index < -0.39 is 10.0 Å². The molecule has 0 radical (unpaired) electrons. The van der Waals surface area contributed by atoms with Crippen LogP contribution < -0.4 is 5.32 Å². The summed E-state index contributed by atoms with van der Waals surface area (Å²) >= 11 is 0. The molecule has 0 bridgehead atoms. The minimum atomic E-state index is -3.72. The van der Waals surface area contributed by atoms with Crippen molar-refractivity contribution in [2.45, 2.75) is 44.6 Å². The van der Waals surface area contributed by atoms with E-state index in [1.54, 1.807) is 30.3 Å². The van der Waals surface area contributed by atoms with Crippen LogP contribution in [0.3, 0.4) is 0 Å². The lowest BCUT2D eigenvalue weighted by molar-refractivity contribution is -0.126. The fourth-order valence-electron chi connectivity index (χ4n) is 3.65. The predicted octanol–water partition coefficient (Wildman–Crippen LogP) is 3.99. The van der Waals surface area contributed by atoms with Gasteiger partial charge in [-0.15, -0.1) is 0 Å². The third-order valence-electron chi connectivity index (χ3n) is 5.23. The van der Waals surface area contributed by atoms with Crippen molar-refractivity contribution in [2.75, 3.05) is 13.1 Å². The van der Waals surface area contributed by atoms with Crippen molar-refractivity contribution >= 4 is 15.9 Å². The third kappa shape index (κ3) is 5.25. The Morgan fingerprint density at radius 2 is 1.59 bits per heavy atom. The molecule has 1 fully saturated rings. The molecule has 29 heavy (non-hydrogen) atoms. The first-order valence-electron chi connectivity index (χ1n) is 10.1. The summed E-state index contributed by atoms with van der Waals surface area (Å²) in [6.45, 7) is 6.94. The fourth-order valence-corrected chi connectivity index (χ4v) is 5.36. The lowest BCUT2D eigenvalue weighted by Gasteiger charge is -2.38. The minimum Gasteiger partial charge on any atom is -0.355 e. The molecular formula is C23H30N2O3S. The summed E-state index contributed by atoms with van der Waals surface area (Å²) in [4.78, 5) is 13.0. The number of carbonyl (C=O) groups is 1. The number of hydrogen-bond donors (Lipinski definition) is 1. The molecule has 1 heterocycles. The van der Waals surface area contributed by atoms with Crippen LogP contribution in [0.25, 0.3) is 0 Å². The van der Waals surface area contributed by atoms with E-state index in [0.29, 0.717) is 19.4 Å². The Kier molecular flexibility index (Phi) is 6.44. The number of carbonyl (C=O) groups excluding carboxylic acids is 1. The van der Waals surface area contributed by atoms with Crippen molar-refractivity contribution in [3.63, 3.8) is 0 Å². The SMILES string of the molecule is CC(C)(C)CNC(=O)[C@@H]1CC[C@H](c2ccccc2)N(S(=O)(=O)c2ccccc2)C1. The summed E-state index contributed by atoms with van der Waals surface area (Å²) in [5.41, 5.74) is 0.938. The number of benzene rings is 2. The molecule has 2 aromatic rings. The first kappa shape index (κ1) is 21.5. The molecule has 5 nitrogen and oxygen atoms in total. The molecule has 3 rings (SSSR count). The summed E-state index contributed by atoms with van der Waals surface area (Å²) in [6.07, 6.45) is 1.28. The standard InChI is InChI=1S/C23H30N2O3S/c1-23(2,3)17-24-22(26)19-14-15-21(18-10-6-4-7-11-18)25(16-19)29(27,28)20-12-8-5-9-13-20/h4-13,19,21H,14-17H2,1-3H3,(H,24,26)/t19-,21-/m1/s1. The lowest BCUT2D eigenvalue weighted by atomic mass is 9.90. The molecule has 2 aromatic carbocycles. The molecular weight excluding hydrogens is 384 g/mol. The summed E-state index contributed by atoms with van der Waals surface area (Å²) in [7, 11) is -3.72. The van der Waals surface area contributed by atoms with E-state index in [0.717, 1.165) is 5.56 Å². The largest absolute Gasteiger partial charge is 0.355 e. The maximum atomic E-state index is 13.5. The number of sulfonamides is 1. The average molecular weight is 415 g/mol. The van der Waals surface area contributed by atoms with Gasteiger partial charge in [0.05, 0.1) is 16.9 Å². The van der Waals surface area contributed by atoms with Gasteiger partial charge < -0.3 is 5.32 Å². The van der Waals surface area contributed by atoms with Crippen LogP contribution in [0.5, 0.6) is 0 Å². The van der Waals surface area contributed by atoms with E-state index >= 15 is 0 Å². The first-order valence-corrected chi connectivity index (χ1v) is 11.5. The fraction of sp³-hybridized carbons (Fsp3) is 0.435. The van der Waals surface area contributed by atoms with Crippen LogP contribution in [0.15, 0.2) is 65.6 Å². The Morgan fingerprint density at radius 1 is 1.00 bits per heavy atom. The zero-order valence-electron chi connectivity index (χ0n) is 17.3. The van der Waals surface area contributed by atoms with Crippen molar-refractivity contribution in [1.29, 1.82) is 0 Å². The molecule has 156 valence electrons. The van der Waals surface area contributed by atoms with Gasteiger partial charge in [-0.05, 0) is 36.0 Å². The average Bonchev–Trinajstić information content (AvgIpc) is 2.72. The normalized spacial score (nSPS) is 20.9. The van der Waals surface area contributed by atoms with Gasteiger partial charge >= 0.3 is 0 Å². The first-order chi connectivity index (χ1) is 13.7. The molecule has 6 heteroatoms. The second-order valence-corrected chi connectivity index (χ2v) is 10.8. The summed E-state index contributed by atoms with van der Waals surface area (Å²) in [5.74, 6) is -0.421. The lowest BCUT2D eigenvalue weighted by Crippen LogP contribution is -2.47. The number of nitrogens with one attached hydrogen (secondary N) is 1. The zero-order chi connectivity index (χ0) is 21.1. The molecule has 0 aliphatic carbocycles. The maximum Gasteiger partial charge on any atom is 0.243 e. The molecule has 1 saturated heterocycles. The van der Waals surface area contributed by atoms with E-state index in [1.807, 2.05) is 30.3 Å². The van der Waals surface area contributed by atoms with E-state index in [9.17, 15) is 13.2 Å². The van der Waals surface area contributed by atoms with Gasteiger partial charge in [0, 0.05) is 13.1 Å². The highest BCUT2D eigenvalue weighted by atomic mass is 32.2. The van der Waals surface area contributed by atoms with Crippen LogP contribution in [-0.2, 0) is 14.8 Å². The van der Waals surface area contributed by atoms with Crippen molar-refractivity contribution < 1.29 is 13.2 Å². The molecule has 1 aliphatic rings. The molecule has 0 aromatic heterocycles. The van der Waals surface area contributed by atoms with Gasteiger partial charge in [-0.3, -0.25) is 4.79 Å². The number of rotatable bonds is 5.